The number of nitrogens with one attached hydrogen (secondary N) is 2. The van der Waals surface area contributed by atoms with E-state index < -0.39 is 18.0 Å². The van der Waals surface area contributed by atoms with Crippen LogP contribution in [0.4, 0.5) is 4.79 Å². The minimum absolute atomic E-state index is 0.236. The predicted molar refractivity (Wildman–Crippen MR) is 123 cm³/mol. The molecule has 0 saturated carbocycles. The number of hydrogen-bond donors (Lipinski definition) is 2. The molecule has 1 heterocycles. The molecule has 9 heteroatoms. The molecule has 0 aliphatic rings. The second kappa shape index (κ2) is 10.7. The Morgan fingerprint density at radius 2 is 1.97 bits per heavy atom. The van der Waals surface area contributed by atoms with E-state index >= 15 is 0 Å². The zero-order valence-electron chi connectivity index (χ0n) is 17.1. The number of carbonyl (C=O) groups is 2. The number of carbonyl (C=O) groups excluding carboxylic acids is 2. The van der Waals surface area contributed by atoms with Gasteiger partial charge < -0.3 is 10.1 Å². The number of amides is 3. The molecule has 1 aromatic heterocycles. The van der Waals surface area contributed by atoms with Crippen molar-refractivity contribution in [3.63, 3.8) is 0 Å². The Morgan fingerprint density at radius 1 is 1.23 bits per heavy atom. The number of rotatable bonds is 8. The smallest absolute Gasteiger partial charge is 0.325 e. The first-order chi connectivity index (χ1) is 15.0. The maximum Gasteiger partial charge on any atom is 0.325 e. The van der Waals surface area contributed by atoms with E-state index in [0.29, 0.717) is 6.42 Å². The SMILES string of the molecule is CCN(C#N)C(=O)C(Cc1csc2ccccc12)NC(=O)NSc1ccc(OC)cc1. The summed E-state index contributed by atoms with van der Waals surface area (Å²) in [4.78, 5) is 27.3. The first-order valence-electron chi connectivity index (χ1n) is 9.59. The standard InChI is InChI=1S/C22H22N4O3S2/c1-3-26(14-23)21(27)19(12-15-13-30-20-7-5-4-6-18(15)20)24-22(28)25-31-17-10-8-16(29-2)9-11-17/h4-11,13,19H,3,12H2,1-2H3,(H2,24,25,28). The molecule has 0 spiro atoms. The van der Waals surface area contributed by atoms with Gasteiger partial charge in [0.25, 0.3) is 5.91 Å². The molecule has 1 unspecified atom stereocenters. The quantitative estimate of drug-likeness (QED) is 0.303. The molecule has 0 bridgehead atoms. The summed E-state index contributed by atoms with van der Waals surface area (Å²) in [6.07, 6.45) is 2.18. The zero-order valence-corrected chi connectivity index (χ0v) is 18.8. The maximum absolute atomic E-state index is 12.9. The first-order valence-corrected chi connectivity index (χ1v) is 11.3. The molecule has 0 aliphatic heterocycles. The highest BCUT2D eigenvalue weighted by Crippen LogP contribution is 2.27. The van der Waals surface area contributed by atoms with Crippen molar-refractivity contribution in [2.75, 3.05) is 13.7 Å². The third kappa shape index (κ3) is 5.69. The molecule has 2 aromatic carbocycles. The number of thiophene rings is 1. The van der Waals surface area contributed by atoms with Crippen LogP contribution >= 0.6 is 23.3 Å². The van der Waals surface area contributed by atoms with E-state index in [-0.39, 0.29) is 6.54 Å². The van der Waals surface area contributed by atoms with E-state index in [1.807, 2.05) is 48.0 Å². The molecule has 7 nitrogen and oxygen atoms in total. The van der Waals surface area contributed by atoms with Gasteiger partial charge in [0.05, 0.1) is 7.11 Å². The van der Waals surface area contributed by atoms with Crippen molar-refractivity contribution >= 4 is 45.3 Å². The number of ether oxygens (including phenoxy) is 1. The van der Waals surface area contributed by atoms with Gasteiger partial charge >= 0.3 is 6.03 Å². The molecular weight excluding hydrogens is 432 g/mol. The van der Waals surface area contributed by atoms with Gasteiger partial charge in [-0.3, -0.25) is 9.52 Å². The Labute approximate surface area is 189 Å². The van der Waals surface area contributed by atoms with Crippen molar-refractivity contribution in [1.82, 2.24) is 14.9 Å². The van der Waals surface area contributed by atoms with Crippen molar-refractivity contribution in [3.05, 3.63) is 59.5 Å². The number of nitriles is 1. The molecule has 3 rings (SSSR count). The zero-order chi connectivity index (χ0) is 22.2. The molecule has 0 fully saturated rings. The summed E-state index contributed by atoms with van der Waals surface area (Å²) >= 11 is 2.71. The fraction of sp³-hybridized carbons (Fsp3) is 0.227. The minimum atomic E-state index is -0.867. The second-order valence-electron chi connectivity index (χ2n) is 6.55. The topological polar surface area (TPSA) is 94.5 Å². The van der Waals surface area contributed by atoms with Gasteiger partial charge in [-0.15, -0.1) is 11.3 Å². The minimum Gasteiger partial charge on any atom is -0.497 e. The van der Waals surface area contributed by atoms with Crippen molar-refractivity contribution in [3.8, 4) is 11.9 Å². The van der Waals surface area contributed by atoms with Crippen LogP contribution in [0, 0.1) is 11.5 Å². The van der Waals surface area contributed by atoms with E-state index in [1.165, 1.54) is 0 Å². The van der Waals surface area contributed by atoms with E-state index in [9.17, 15) is 14.9 Å². The number of benzene rings is 2. The van der Waals surface area contributed by atoms with Crippen LogP contribution in [0.15, 0.2) is 58.8 Å². The van der Waals surface area contributed by atoms with Crippen molar-refractivity contribution < 1.29 is 14.3 Å². The number of methoxy groups -OCH3 is 1. The monoisotopic (exact) mass is 454 g/mol. The predicted octanol–water partition coefficient (Wildman–Crippen LogP) is 4.16. The normalized spacial score (nSPS) is 11.4. The van der Waals surface area contributed by atoms with E-state index in [2.05, 4.69) is 10.0 Å². The molecule has 3 amide bonds. The molecular formula is C22H22N4O3S2. The molecule has 1 atom stereocenters. The van der Waals surface area contributed by atoms with E-state index in [4.69, 9.17) is 4.74 Å². The van der Waals surface area contributed by atoms with Gasteiger partial charge in [0.1, 0.15) is 11.8 Å². The van der Waals surface area contributed by atoms with Crippen molar-refractivity contribution in [2.45, 2.75) is 24.3 Å². The van der Waals surface area contributed by atoms with Crippen LogP contribution in [0.1, 0.15) is 12.5 Å². The van der Waals surface area contributed by atoms with E-state index in [1.54, 1.807) is 37.5 Å². The molecule has 2 N–H and O–H groups in total. The van der Waals surface area contributed by atoms with Crippen LogP contribution in [-0.2, 0) is 11.2 Å². The molecule has 0 aliphatic carbocycles. The second-order valence-corrected chi connectivity index (χ2v) is 8.34. The summed E-state index contributed by atoms with van der Waals surface area (Å²) in [5, 5.41) is 15.0. The van der Waals surface area contributed by atoms with Crippen LogP contribution in [0.5, 0.6) is 5.75 Å². The highest BCUT2D eigenvalue weighted by Gasteiger charge is 2.26. The fourth-order valence-corrected chi connectivity index (χ4v) is 4.53. The largest absolute Gasteiger partial charge is 0.497 e. The van der Waals surface area contributed by atoms with Crippen LogP contribution in [0.25, 0.3) is 10.1 Å². The Hall–Kier alpha value is -3.22. The van der Waals surface area contributed by atoms with Gasteiger partial charge in [0.2, 0.25) is 0 Å². The highest BCUT2D eigenvalue weighted by molar-refractivity contribution is 7.98. The van der Waals surface area contributed by atoms with Crippen LogP contribution in [0.3, 0.4) is 0 Å². The summed E-state index contributed by atoms with van der Waals surface area (Å²) < 4.78 is 8.92. The number of hydrogen-bond acceptors (Lipinski definition) is 6. The number of likely N-dealkylation sites (N-methyl/N-ethyl adjacent to an activating group) is 1. The summed E-state index contributed by atoms with van der Waals surface area (Å²) in [6.45, 7) is 1.96. The van der Waals surface area contributed by atoms with Gasteiger partial charge in [0, 0.05) is 22.6 Å². The third-order valence-corrected chi connectivity index (χ3v) is 6.42. The average Bonchev–Trinajstić information content (AvgIpc) is 3.21. The Morgan fingerprint density at radius 3 is 2.65 bits per heavy atom. The summed E-state index contributed by atoms with van der Waals surface area (Å²) in [7, 11) is 1.59. The summed E-state index contributed by atoms with van der Waals surface area (Å²) in [5.41, 5.74) is 0.955. The lowest BCUT2D eigenvalue weighted by Gasteiger charge is -2.21. The summed E-state index contributed by atoms with van der Waals surface area (Å²) in [5.74, 6) is 0.281. The molecule has 3 aromatic rings. The third-order valence-electron chi connectivity index (χ3n) is 4.61. The fourth-order valence-electron chi connectivity index (χ4n) is 3.01. The Bertz CT molecular complexity index is 1090. The average molecular weight is 455 g/mol. The first kappa shape index (κ1) is 22.5. The van der Waals surface area contributed by atoms with Crippen LogP contribution in [0.2, 0.25) is 0 Å². The maximum atomic E-state index is 12.9. The summed E-state index contributed by atoms with van der Waals surface area (Å²) in [6, 6.07) is 13.8. The lowest BCUT2D eigenvalue weighted by molar-refractivity contribution is -0.129. The molecule has 160 valence electrons. The number of urea groups is 1. The van der Waals surface area contributed by atoms with Gasteiger partial charge in [-0.05, 0) is 65.5 Å². The van der Waals surface area contributed by atoms with Crippen molar-refractivity contribution in [1.29, 1.82) is 5.26 Å². The molecule has 0 radical (unpaired) electrons. The molecule has 0 saturated heterocycles. The van der Waals surface area contributed by atoms with Crippen LogP contribution in [-0.4, -0.2) is 36.5 Å². The highest BCUT2D eigenvalue weighted by atomic mass is 32.2. The Balaban J connectivity index is 1.71. The lowest BCUT2D eigenvalue weighted by atomic mass is 10.0. The van der Waals surface area contributed by atoms with Gasteiger partial charge in [-0.25, -0.2) is 9.69 Å². The molecule has 31 heavy (non-hydrogen) atoms. The van der Waals surface area contributed by atoms with Gasteiger partial charge in [-0.2, -0.15) is 5.26 Å². The lowest BCUT2D eigenvalue weighted by Crippen LogP contribution is -2.50. The van der Waals surface area contributed by atoms with Crippen molar-refractivity contribution in [2.24, 2.45) is 0 Å². The van der Waals surface area contributed by atoms with Gasteiger partial charge in [0.15, 0.2) is 6.19 Å². The van der Waals surface area contributed by atoms with E-state index in [0.717, 1.165) is 43.1 Å². The number of nitrogens with zero attached hydrogens (tertiary/aromatic N) is 2. The van der Waals surface area contributed by atoms with Crippen LogP contribution < -0.4 is 14.8 Å². The number of fused-ring (bicyclic) bond motifs is 1. The van der Waals surface area contributed by atoms with Gasteiger partial charge in [-0.1, -0.05) is 18.2 Å². The Kier molecular flexibility index (Phi) is 7.76.